The molecule has 0 amide bonds. The molecule has 3 rings (SSSR count). The molecular formula is C15H13N3OS. The van der Waals surface area contributed by atoms with E-state index in [-0.39, 0.29) is 0 Å². The smallest absolute Gasteiger partial charge is 0.197 e. The van der Waals surface area contributed by atoms with Gasteiger partial charge in [0, 0.05) is 29.8 Å². The van der Waals surface area contributed by atoms with Crippen molar-refractivity contribution in [3.8, 4) is 22.5 Å². The lowest BCUT2D eigenvalue weighted by Crippen LogP contribution is -1.89. The molecule has 0 aliphatic carbocycles. The molecule has 0 fully saturated rings. The highest BCUT2D eigenvalue weighted by Crippen LogP contribution is 2.30. The maximum atomic E-state index is 11.7. The van der Waals surface area contributed by atoms with Crippen LogP contribution in [0.15, 0.2) is 60.0 Å². The molecule has 1 aromatic carbocycles. The minimum absolute atomic E-state index is 0.475. The molecule has 100 valence electrons. The van der Waals surface area contributed by atoms with E-state index in [9.17, 15) is 4.21 Å². The molecule has 0 spiro atoms. The van der Waals surface area contributed by atoms with Crippen molar-refractivity contribution in [2.75, 3.05) is 6.26 Å². The summed E-state index contributed by atoms with van der Waals surface area (Å²) in [5.41, 5.74) is 3.55. The highest BCUT2D eigenvalue weighted by molar-refractivity contribution is 7.84. The maximum absolute atomic E-state index is 11.7. The zero-order valence-electron chi connectivity index (χ0n) is 10.9. The van der Waals surface area contributed by atoms with Crippen LogP contribution < -0.4 is 0 Å². The molecular weight excluding hydrogens is 270 g/mol. The average Bonchev–Trinajstić information content (AvgIpc) is 2.94. The van der Waals surface area contributed by atoms with E-state index >= 15 is 0 Å². The third-order valence-electron chi connectivity index (χ3n) is 2.95. The first-order chi connectivity index (χ1) is 9.75. The molecule has 4 nitrogen and oxygen atoms in total. The molecule has 0 aliphatic heterocycles. The van der Waals surface area contributed by atoms with Crippen LogP contribution in [0.1, 0.15) is 0 Å². The van der Waals surface area contributed by atoms with Gasteiger partial charge in [-0.2, -0.15) is 0 Å². The van der Waals surface area contributed by atoms with Gasteiger partial charge >= 0.3 is 0 Å². The van der Waals surface area contributed by atoms with Gasteiger partial charge in [-0.05, 0) is 12.1 Å². The summed E-state index contributed by atoms with van der Waals surface area (Å²) >= 11 is 0. The second kappa shape index (κ2) is 5.38. The number of hydrogen-bond acceptors (Lipinski definition) is 3. The van der Waals surface area contributed by atoms with Crippen LogP contribution in [0, 0.1) is 0 Å². The summed E-state index contributed by atoms with van der Waals surface area (Å²) in [4.78, 5) is 11.7. The Morgan fingerprint density at radius 2 is 1.80 bits per heavy atom. The molecule has 0 saturated heterocycles. The van der Waals surface area contributed by atoms with Gasteiger partial charge in [0.2, 0.25) is 0 Å². The number of imidazole rings is 1. The third kappa shape index (κ3) is 2.40. The summed E-state index contributed by atoms with van der Waals surface area (Å²) in [5.74, 6) is 0. The first-order valence-electron chi connectivity index (χ1n) is 6.15. The van der Waals surface area contributed by atoms with Crippen LogP contribution in [0.4, 0.5) is 0 Å². The fourth-order valence-corrected chi connectivity index (χ4v) is 2.48. The molecule has 0 saturated carbocycles. The molecule has 20 heavy (non-hydrogen) atoms. The van der Waals surface area contributed by atoms with Crippen LogP contribution in [0.3, 0.4) is 0 Å². The minimum Gasteiger partial charge on any atom is -0.330 e. The number of nitrogens with one attached hydrogen (secondary N) is 1. The fourth-order valence-electron chi connectivity index (χ4n) is 2.01. The van der Waals surface area contributed by atoms with Crippen molar-refractivity contribution in [1.82, 2.24) is 15.0 Å². The number of nitrogens with zero attached hydrogens (tertiary/aromatic N) is 2. The van der Waals surface area contributed by atoms with E-state index in [1.54, 1.807) is 18.6 Å². The van der Waals surface area contributed by atoms with Crippen LogP contribution in [-0.4, -0.2) is 25.4 Å². The number of hydrogen-bond donors (Lipinski definition) is 1. The van der Waals surface area contributed by atoms with Gasteiger partial charge in [-0.25, -0.2) is 4.98 Å². The van der Waals surface area contributed by atoms with Crippen molar-refractivity contribution < 1.29 is 4.21 Å². The molecule has 5 heteroatoms. The molecule has 0 aliphatic rings. The molecule has 3 aromatic rings. The first kappa shape index (κ1) is 12.7. The topological polar surface area (TPSA) is 58.6 Å². The Kier molecular flexibility index (Phi) is 3.43. The minimum atomic E-state index is -1.15. The normalized spacial score (nSPS) is 12.2. The second-order valence-electron chi connectivity index (χ2n) is 4.33. The van der Waals surface area contributed by atoms with Gasteiger partial charge in [0.1, 0.15) is 0 Å². The Morgan fingerprint density at radius 3 is 2.45 bits per heavy atom. The number of H-pyrrole nitrogens is 1. The lowest BCUT2D eigenvalue weighted by Gasteiger charge is -2.02. The summed E-state index contributed by atoms with van der Waals surface area (Å²) in [6.07, 6.45) is 5.09. The van der Waals surface area contributed by atoms with Crippen molar-refractivity contribution in [3.63, 3.8) is 0 Å². The van der Waals surface area contributed by atoms with Crippen LogP contribution >= 0.6 is 0 Å². The molecule has 0 bridgehead atoms. The monoisotopic (exact) mass is 283 g/mol. The van der Waals surface area contributed by atoms with E-state index in [2.05, 4.69) is 15.0 Å². The van der Waals surface area contributed by atoms with Crippen molar-refractivity contribution in [1.29, 1.82) is 0 Å². The van der Waals surface area contributed by atoms with Crippen molar-refractivity contribution in [2.45, 2.75) is 5.16 Å². The average molecular weight is 283 g/mol. The number of benzene rings is 1. The van der Waals surface area contributed by atoms with E-state index in [0.29, 0.717) is 5.16 Å². The number of rotatable bonds is 3. The summed E-state index contributed by atoms with van der Waals surface area (Å²) < 4.78 is 11.7. The SMILES string of the molecule is CS(=O)c1nc(-c2cccnc2)c(-c2ccccc2)[nH]1. The largest absolute Gasteiger partial charge is 0.330 e. The van der Waals surface area contributed by atoms with Crippen LogP contribution in [-0.2, 0) is 10.8 Å². The number of aromatic amines is 1. The van der Waals surface area contributed by atoms with Crippen LogP contribution in [0.5, 0.6) is 0 Å². The van der Waals surface area contributed by atoms with E-state index in [0.717, 1.165) is 22.5 Å². The molecule has 1 unspecified atom stereocenters. The van der Waals surface area contributed by atoms with Crippen molar-refractivity contribution in [2.24, 2.45) is 0 Å². The Balaban J connectivity index is 2.20. The highest BCUT2D eigenvalue weighted by Gasteiger charge is 2.15. The molecule has 2 aromatic heterocycles. The third-order valence-corrected chi connectivity index (χ3v) is 3.69. The maximum Gasteiger partial charge on any atom is 0.197 e. The zero-order chi connectivity index (χ0) is 13.9. The number of aromatic nitrogens is 3. The van der Waals surface area contributed by atoms with Crippen molar-refractivity contribution in [3.05, 3.63) is 54.9 Å². The second-order valence-corrected chi connectivity index (χ2v) is 5.62. The van der Waals surface area contributed by atoms with Gasteiger partial charge in [-0.3, -0.25) is 9.19 Å². The van der Waals surface area contributed by atoms with Crippen LogP contribution in [0.2, 0.25) is 0 Å². The van der Waals surface area contributed by atoms with Gasteiger partial charge in [0.25, 0.3) is 0 Å². The predicted octanol–water partition coefficient (Wildman–Crippen LogP) is 2.88. The van der Waals surface area contributed by atoms with E-state index in [4.69, 9.17) is 0 Å². The fraction of sp³-hybridized carbons (Fsp3) is 0.0667. The Bertz CT molecular complexity index is 681. The highest BCUT2D eigenvalue weighted by atomic mass is 32.2. The summed E-state index contributed by atoms with van der Waals surface area (Å²) in [5, 5.41) is 0.475. The molecule has 1 N–H and O–H groups in total. The lowest BCUT2D eigenvalue weighted by atomic mass is 10.1. The number of pyridine rings is 1. The molecule has 2 heterocycles. The van der Waals surface area contributed by atoms with Crippen LogP contribution in [0.25, 0.3) is 22.5 Å². The summed E-state index contributed by atoms with van der Waals surface area (Å²) in [7, 11) is -1.15. The van der Waals surface area contributed by atoms with Gasteiger partial charge in [0.15, 0.2) is 5.16 Å². The Morgan fingerprint density at radius 1 is 1.05 bits per heavy atom. The van der Waals surface area contributed by atoms with Gasteiger partial charge in [0.05, 0.1) is 22.2 Å². The van der Waals surface area contributed by atoms with Gasteiger partial charge in [-0.1, -0.05) is 30.3 Å². The van der Waals surface area contributed by atoms with Crippen molar-refractivity contribution >= 4 is 10.8 Å². The van der Waals surface area contributed by atoms with E-state index in [1.165, 1.54) is 0 Å². The standard InChI is InChI=1S/C15H13N3OS/c1-20(19)15-17-13(11-6-3-2-4-7-11)14(18-15)12-8-5-9-16-10-12/h2-10H,1H3,(H,17,18). The predicted molar refractivity (Wildman–Crippen MR) is 79.6 cm³/mol. The molecule has 0 radical (unpaired) electrons. The van der Waals surface area contributed by atoms with Gasteiger partial charge in [-0.15, -0.1) is 0 Å². The lowest BCUT2D eigenvalue weighted by molar-refractivity contribution is 0.681. The van der Waals surface area contributed by atoms with E-state index in [1.807, 2.05) is 42.5 Å². The molecule has 1 atom stereocenters. The zero-order valence-corrected chi connectivity index (χ0v) is 11.7. The Hall–Kier alpha value is -2.27. The first-order valence-corrected chi connectivity index (χ1v) is 7.71. The summed E-state index contributed by atoms with van der Waals surface area (Å²) in [6.45, 7) is 0. The quantitative estimate of drug-likeness (QED) is 0.804. The van der Waals surface area contributed by atoms with Gasteiger partial charge < -0.3 is 4.98 Å². The van der Waals surface area contributed by atoms with E-state index < -0.39 is 10.8 Å². The summed E-state index contributed by atoms with van der Waals surface area (Å²) in [6, 6.07) is 13.7. The Labute approximate surface area is 119 Å².